The number of fused-ring (bicyclic) bond motifs is 1. The van der Waals surface area contributed by atoms with Gasteiger partial charge in [0, 0.05) is 25.4 Å². The highest BCUT2D eigenvalue weighted by Gasteiger charge is 2.29. The first-order chi connectivity index (χ1) is 9.79. The van der Waals surface area contributed by atoms with E-state index < -0.39 is 0 Å². The quantitative estimate of drug-likeness (QED) is 0.904. The standard InChI is InChI=1S/C16H22N4/c1-3-17-15(10-16-18-11-19-20(16)2)14-9-8-12-6-4-5-7-13(12)14/h4-7,11,14-15,17H,3,8-10H2,1-2H3. The Morgan fingerprint density at radius 1 is 1.40 bits per heavy atom. The van der Waals surface area contributed by atoms with Crippen LogP contribution in [0.15, 0.2) is 30.6 Å². The summed E-state index contributed by atoms with van der Waals surface area (Å²) in [6.45, 7) is 3.16. The highest BCUT2D eigenvalue weighted by atomic mass is 15.3. The first-order valence-electron chi connectivity index (χ1n) is 7.43. The predicted octanol–water partition coefficient (Wildman–Crippen LogP) is 2.07. The second-order valence-corrected chi connectivity index (χ2v) is 5.51. The van der Waals surface area contributed by atoms with Gasteiger partial charge in [-0.1, -0.05) is 31.2 Å². The van der Waals surface area contributed by atoms with E-state index in [1.165, 1.54) is 24.0 Å². The number of hydrogen-bond donors (Lipinski definition) is 1. The molecule has 0 bridgehead atoms. The monoisotopic (exact) mass is 270 g/mol. The van der Waals surface area contributed by atoms with Crippen LogP contribution in [-0.4, -0.2) is 27.4 Å². The average molecular weight is 270 g/mol. The van der Waals surface area contributed by atoms with Crippen LogP contribution in [0.2, 0.25) is 0 Å². The molecular formula is C16H22N4. The summed E-state index contributed by atoms with van der Waals surface area (Å²) in [6, 6.07) is 9.29. The molecule has 0 aliphatic heterocycles. The molecule has 2 aromatic rings. The molecule has 2 atom stereocenters. The van der Waals surface area contributed by atoms with Gasteiger partial charge < -0.3 is 5.32 Å². The van der Waals surface area contributed by atoms with Gasteiger partial charge in [0.25, 0.3) is 0 Å². The molecule has 0 radical (unpaired) electrons. The molecule has 0 amide bonds. The van der Waals surface area contributed by atoms with Crippen LogP contribution in [-0.2, 0) is 19.9 Å². The molecule has 0 saturated carbocycles. The van der Waals surface area contributed by atoms with Crippen molar-refractivity contribution in [1.29, 1.82) is 0 Å². The largest absolute Gasteiger partial charge is 0.313 e. The molecular weight excluding hydrogens is 248 g/mol. The van der Waals surface area contributed by atoms with Crippen LogP contribution < -0.4 is 5.32 Å². The van der Waals surface area contributed by atoms with Crippen LogP contribution in [0, 0.1) is 0 Å². The molecule has 0 fully saturated rings. The summed E-state index contributed by atoms with van der Waals surface area (Å²) >= 11 is 0. The molecule has 20 heavy (non-hydrogen) atoms. The van der Waals surface area contributed by atoms with E-state index in [0.29, 0.717) is 12.0 Å². The van der Waals surface area contributed by atoms with Crippen molar-refractivity contribution in [2.75, 3.05) is 6.54 Å². The fourth-order valence-corrected chi connectivity index (χ4v) is 3.33. The fraction of sp³-hybridized carbons (Fsp3) is 0.500. The Balaban J connectivity index is 1.83. The number of aromatic nitrogens is 3. The van der Waals surface area contributed by atoms with Crippen molar-refractivity contribution in [3.63, 3.8) is 0 Å². The Labute approximate surface area is 120 Å². The third-order valence-corrected chi connectivity index (χ3v) is 4.34. The SMILES string of the molecule is CCNC(Cc1ncnn1C)C1CCc2ccccc21. The van der Waals surface area contributed by atoms with E-state index in [2.05, 4.69) is 46.6 Å². The molecule has 4 heteroatoms. The van der Waals surface area contributed by atoms with Crippen LogP contribution >= 0.6 is 0 Å². The topological polar surface area (TPSA) is 42.7 Å². The lowest BCUT2D eigenvalue weighted by Gasteiger charge is -2.25. The first kappa shape index (κ1) is 13.3. The van der Waals surface area contributed by atoms with Crippen molar-refractivity contribution < 1.29 is 0 Å². The highest BCUT2D eigenvalue weighted by Crippen LogP contribution is 2.36. The van der Waals surface area contributed by atoms with Gasteiger partial charge >= 0.3 is 0 Å². The normalized spacial score (nSPS) is 19.0. The molecule has 4 nitrogen and oxygen atoms in total. The Hall–Kier alpha value is -1.68. The molecule has 0 spiro atoms. The molecule has 1 N–H and O–H groups in total. The number of aryl methyl sites for hydroxylation is 2. The fourth-order valence-electron chi connectivity index (χ4n) is 3.33. The molecule has 1 aromatic carbocycles. The number of nitrogens with zero attached hydrogens (tertiary/aromatic N) is 3. The summed E-state index contributed by atoms with van der Waals surface area (Å²) in [5.41, 5.74) is 3.03. The van der Waals surface area contributed by atoms with Crippen LogP contribution in [0.5, 0.6) is 0 Å². The van der Waals surface area contributed by atoms with Gasteiger partial charge in [0.1, 0.15) is 12.2 Å². The van der Waals surface area contributed by atoms with Crippen molar-refractivity contribution in [3.8, 4) is 0 Å². The van der Waals surface area contributed by atoms with Gasteiger partial charge in [-0.2, -0.15) is 5.10 Å². The average Bonchev–Trinajstić information content (AvgIpc) is 3.05. The van der Waals surface area contributed by atoms with Crippen LogP contribution in [0.3, 0.4) is 0 Å². The number of likely N-dealkylation sites (N-methyl/N-ethyl adjacent to an activating group) is 1. The summed E-state index contributed by atoms with van der Waals surface area (Å²) in [6.07, 6.45) is 5.00. The second kappa shape index (κ2) is 5.75. The summed E-state index contributed by atoms with van der Waals surface area (Å²) in [7, 11) is 1.97. The van der Waals surface area contributed by atoms with E-state index >= 15 is 0 Å². The van der Waals surface area contributed by atoms with Crippen LogP contribution in [0.25, 0.3) is 0 Å². The minimum absolute atomic E-state index is 0.437. The minimum atomic E-state index is 0.437. The third-order valence-electron chi connectivity index (χ3n) is 4.34. The van der Waals surface area contributed by atoms with Crippen LogP contribution in [0.1, 0.15) is 36.2 Å². The number of rotatable bonds is 5. The van der Waals surface area contributed by atoms with E-state index in [-0.39, 0.29) is 0 Å². The zero-order valence-corrected chi connectivity index (χ0v) is 12.2. The molecule has 1 aromatic heterocycles. The zero-order chi connectivity index (χ0) is 13.9. The maximum absolute atomic E-state index is 4.38. The minimum Gasteiger partial charge on any atom is -0.313 e. The first-order valence-corrected chi connectivity index (χ1v) is 7.43. The summed E-state index contributed by atoms with van der Waals surface area (Å²) in [4.78, 5) is 4.38. The van der Waals surface area contributed by atoms with Crippen molar-refractivity contribution >= 4 is 0 Å². The van der Waals surface area contributed by atoms with Gasteiger partial charge in [-0.15, -0.1) is 0 Å². The maximum atomic E-state index is 4.38. The van der Waals surface area contributed by atoms with Gasteiger partial charge in [0.15, 0.2) is 0 Å². The van der Waals surface area contributed by atoms with Crippen molar-refractivity contribution in [3.05, 3.63) is 47.5 Å². The van der Waals surface area contributed by atoms with Gasteiger partial charge in [-0.05, 0) is 30.5 Å². The zero-order valence-electron chi connectivity index (χ0n) is 12.2. The molecule has 1 heterocycles. The summed E-state index contributed by atoms with van der Waals surface area (Å²) in [5, 5.41) is 7.83. The summed E-state index contributed by atoms with van der Waals surface area (Å²) < 4.78 is 1.88. The number of hydrogen-bond acceptors (Lipinski definition) is 3. The van der Waals surface area contributed by atoms with Crippen molar-refractivity contribution in [2.24, 2.45) is 7.05 Å². The Kier molecular flexibility index (Phi) is 3.83. The summed E-state index contributed by atoms with van der Waals surface area (Å²) in [5.74, 6) is 1.64. The Bertz CT molecular complexity index is 575. The van der Waals surface area contributed by atoms with E-state index in [4.69, 9.17) is 0 Å². The molecule has 3 rings (SSSR count). The maximum Gasteiger partial charge on any atom is 0.138 e. The molecule has 0 saturated heterocycles. The van der Waals surface area contributed by atoms with E-state index in [1.54, 1.807) is 6.33 Å². The van der Waals surface area contributed by atoms with Gasteiger partial charge in [0.05, 0.1) is 0 Å². The number of benzene rings is 1. The van der Waals surface area contributed by atoms with Gasteiger partial charge in [0.2, 0.25) is 0 Å². The van der Waals surface area contributed by atoms with Crippen molar-refractivity contribution in [1.82, 2.24) is 20.1 Å². The van der Waals surface area contributed by atoms with Gasteiger partial charge in [-0.3, -0.25) is 4.68 Å². The third kappa shape index (κ3) is 2.48. The van der Waals surface area contributed by atoms with E-state index in [1.807, 2.05) is 11.7 Å². The molecule has 1 aliphatic rings. The predicted molar refractivity (Wildman–Crippen MR) is 79.7 cm³/mol. The number of nitrogens with one attached hydrogen (secondary N) is 1. The van der Waals surface area contributed by atoms with E-state index in [9.17, 15) is 0 Å². The Morgan fingerprint density at radius 3 is 3.00 bits per heavy atom. The highest BCUT2D eigenvalue weighted by molar-refractivity contribution is 5.36. The molecule has 1 aliphatic carbocycles. The smallest absolute Gasteiger partial charge is 0.138 e. The lowest BCUT2D eigenvalue weighted by atomic mass is 9.90. The molecule has 106 valence electrons. The van der Waals surface area contributed by atoms with E-state index in [0.717, 1.165) is 18.8 Å². The van der Waals surface area contributed by atoms with Crippen molar-refractivity contribution in [2.45, 2.75) is 38.1 Å². The second-order valence-electron chi connectivity index (χ2n) is 5.51. The lowest BCUT2D eigenvalue weighted by Crippen LogP contribution is -2.36. The lowest BCUT2D eigenvalue weighted by molar-refractivity contribution is 0.422. The van der Waals surface area contributed by atoms with Crippen LogP contribution in [0.4, 0.5) is 0 Å². The Morgan fingerprint density at radius 2 is 2.25 bits per heavy atom. The molecule has 2 unspecified atom stereocenters. The van der Waals surface area contributed by atoms with Gasteiger partial charge in [-0.25, -0.2) is 4.98 Å².